The van der Waals surface area contributed by atoms with Crippen molar-refractivity contribution >= 4 is 28.6 Å². The third-order valence-electron chi connectivity index (χ3n) is 2.18. The maximum Gasteiger partial charge on any atom is 0.333 e. The van der Waals surface area contributed by atoms with Gasteiger partial charge in [0, 0.05) is 6.20 Å². The Hall–Kier alpha value is -1.37. The molecule has 0 amide bonds. The quantitative estimate of drug-likeness (QED) is 0.879. The van der Waals surface area contributed by atoms with Gasteiger partial charge in [0.2, 0.25) is 0 Å². The van der Waals surface area contributed by atoms with Crippen molar-refractivity contribution in [2.45, 2.75) is 6.04 Å². The summed E-state index contributed by atoms with van der Waals surface area (Å²) in [6, 6.07) is 8.31. The predicted molar refractivity (Wildman–Crippen MR) is 67.2 cm³/mol. The summed E-state index contributed by atoms with van der Waals surface area (Å²) in [4.78, 5) is 11.2. The first-order valence-corrected chi connectivity index (χ1v) is 5.74. The van der Waals surface area contributed by atoms with Crippen LogP contribution in [0.15, 0.2) is 42.7 Å². The first-order valence-electron chi connectivity index (χ1n) is 4.66. The van der Waals surface area contributed by atoms with E-state index in [1.54, 1.807) is 24.5 Å². The van der Waals surface area contributed by atoms with E-state index in [2.05, 4.69) is 27.7 Å². The van der Waals surface area contributed by atoms with Crippen LogP contribution >= 0.6 is 22.6 Å². The van der Waals surface area contributed by atoms with Crippen molar-refractivity contribution < 1.29 is 9.90 Å². The molecule has 16 heavy (non-hydrogen) atoms. The Labute approximate surface area is 106 Å². The second-order valence-corrected chi connectivity index (χ2v) is 4.54. The summed E-state index contributed by atoms with van der Waals surface area (Å²) in [7, 11) is 0. The molecular formula is C11H9IN2O2. The van der Waals surface area contributed by atoms with Gasteiger partial charge in [-0.3, -0.25) is 4.68 Å². The van der Waals surface area contributed by atoms with Crippen LogP contribution in [-0.2, 0) is 4.79 Å². The molecule has 2 rings (SSSR count). The largest absolute Gasteiger partial charge is 0.479 e. The number of carboxylic acid groups (broad SMARTS) is 1. The standard InChI is InChI=1S/C11H9IN2O2/c12-9-6-13-14(7-9)10(11(15)16)8-4-2-1-3-5-8/h1-7,10H,(H,15,16). The van der Waals surface area contributed by atoms with Gasteiger partial charge >= 0.3 is 5.97 Å². The van der Waals surface area contributed by atoms with Crippen molar-refractivity contribution in [3.8, 4) is 0 Å². The zero-order chi connectivity index (χ0) is 11.5. The van der Waals surface area contributed by atoms with Gasteiger partial charge in [0.15, 0.2) is 6.04 Å². The molecule has 82 valence electrons. The molecule has 0 saturated heterocycles. The van der Waals surface area contributed by atoms with Gasteiger partial charge in [-0.05, 0) is 28.2 Å². The van der Waals surface area contributed by atoms with Crippen molar-refractivity contribution in [3.05, 3.63) is 51.9 Å². The van der Waals surface area contributed by atoms with Gasteiger partial charge < -0.3 is 5.11 Å². The second kappa shape index (κ2) is 4.65. The number of aromatic nitrogens is 2. The Bertz CT molecular complexity index is 496. The van der Waals surface area contributed by atoms with E-state index in [4.69, 9.17) is 0 Å². The lowest BCUT2D eigenvalue weighted by molar-refractivity contribution is -0.139. The highest BCUT2D eigenvalue weighted by Gasteiger charge is 2.22. The number of rotatable bonds is 3. The van der Waals surface area contributed by atoms with Crippen LogP contribution in [0.5, 0.6) is 0 Å². The van der Waals surface area contributed by atoms with Gasteiger partial charge in [-0.2, -0.15) is 5.10 Å². The van der Waals surface area contributed by atoms with Crippen LogP contribution in [0.1, 0.15) is 11.6 Å². The number of hydrogen-bond acceptors (Lipinski definition) is 2. The number of aliphatic carboxylic acids is 1. The molecular weight excluding hydrogens is 319 g/mol. The van der Waals surface area contributed by atoms with Gasteiger partial charge in [-0.15, -0.1) is 0 Å². The minimum absolute atomic E-state index is 0.717. The molecule has 0 saturated carbocycles. The Kier molecular flexibility index (Phi) is 3.23. The van der Waals surface area contributed by atoms with Crippen LogP contribution < -0.4 is 0 Å². The Morgan fingerprint density at radius 1 is 1.38 bits per heavy atom. The molecule has 0 bridgehead atoms. The monoisotopic (exact) mass is 328 g/mol. The van der Waals surface area contributed by atoms with E-state index in [0.29, 0.717) is 0 Å². The fourth-order valence-electron chi connectivity index (χ4n) is 1.50. The minimum Gasteiger partial charge on any atom is -0.479 e. The third-order valence-corrected chi connectivity index (χ3v) is 2.74. The van der Waals surface area contributed by atoms with Gasteiger partial charge in [0.1, 0.15) is 0 Å². The third kappa shape index (κ3) is 2.24. The minimum atomic E-state index is -0.911. The lowest BCUT2D eigenvalue weighted by Crippen LogP contribution is -2.20. The number of carboxylic acids is 1. The van der Waals surface area contributed by atoms with E-state index in [1.807, 2.05) is 18.2 Å². The molecule has 1 heterocycles. The highest BCUT2D eigenvalue weighted by atomic mass is 127. The van der Waals surface area contributed by atoms with Gasteiger partial charge in [0.05, 0.1) is 9.77 Å². The van der Waals surface area contributed by atoms with E-state index in [1.165, 1.54) is 4.68 Å². The topological polar surface area (TPSA) is 55.1 Å². The zero-order valence-electron chi connectivity index (χ0n) is 8.25. The molecule has 0 radical (unpaired) electrons. The summed E-state index contributed by atoms with van der Waals surface area (Å²) in [6.45, 7) is 0. The van der Waals surface area contributed by atoms with Crippen molar-refractivity contribution in [2.75, 3.05) is 0 Å². The maximum absolute atomic E-state index is 11.2. The van der Waals surface area contributed by atoms with Gasteiger partial charge in [-0.1, -0.05) is 30.3 Å². The summed E-state index contributed by atoms with van der Waals surface area (Å²) in [5.41, 5.74) is 0.717. The molecule has 5 heteroatoms. The molecule has 4 nitrogen and oxygen atoms in total. The van der Waals surface area contributed by atoms with Crippen LogP contribution in [0.4, 0.5) is 0 Å². The zero-order valence-corrected chi connectivity index (χ0v) is 10.4. The summed E-state index contributed by atoms with van der Waals surface area (Å²) in [5, 5.41) is 13.3. The van der Waals surface area contributed by atoms with E-state index in [9.17, 15) is 9.90 Å². The van der Waals surface area contributed by atoms with E-state index in [-0.39, 0.29) is 0 Å². The Balaban J connectivity index is 2.43. The first kappa shape index (κ1) is 11.1. The maximum atomic E-state index is 11.2. The lowest BCUT2D eigenvalue weighted by Gasteiger charge is -2.12. The number of nitrogens with zero attached hydrogens (tertiary/aromatic N) is 2. The van der Waals surface area contributed by atoms with E-state index in [0.717, 1.165) is 9.13 Å². The molecule has 1 aromatic heterocycles. The van der Waals surface area contributed by atoms with Gasteiger partial charge in [-0.25, -0.2) is 4.79 Å². The summed E-state index contributed by atoms with van der Waals surface area (Å²) >= 11 is 2.10. The van der Waals surface area contributed by atoms with Crippen molar-refractivity contribution in [1.82, 2.24) is 9.78 Å². The van der Waals surface area contributed by atoms with Crippen LogP contribution in [0.25, 0.3) is 0 Å². The molecule has 1 atom stereocenters. The molecule has 2 aromatic rings. The summed E-state index contributed by atoms with van der Waals surface area (Å²) < 4.78 is 2.37. The first-order chi connectivity index (χ1) is 7.68. The fraction of sp³-hybridized carbons (Fsp3) is 0.0909. The van der Waals surface area contributed by atoms with Crippen molar-refractivity contribution in [1.29, 1.82) is 0 Å². The summed E-state index contributed by atoms with van der Waals surface area (Å²) in [6.07, 6.45) is 3.35. The average molecular weight is 328 g/mol. The molecule has 0 aliphatic carbocycles. The highest BCUT2D eigenvalue weighted by molar-refractivity contribution is 14.1. The molecule has 0 aliphatic heterocycles. The molecule has 1 aromatic carbocycles. The van der Waals surface area contributed by atoms with Crippen LogP contribution in [0.2, 0.25) is 0 Å². The normalized spacial score (nSPS) is 12.3. The molecule has 0 fully saturated rings. The van der Waals surface area contributed by atoms with Crippen LogP contribution in [0.3, 0.4) is 0 Å². The highest BCUT2D eigenvalue weighted by Crippen LogP contribution is 2.18. The van der Waals surface area contributed by atoms with Crippen LogP contribution in [-0.4, -0.2) is 20.9 Å². The number of carbonyl (C=O) groups is 1. The lowest BCUT2D eigenvalue weighted by atomic mass is 10.1. The molecule has 1 N–H and O–H groups in total. The SMILES string of the molecule is O=C(O)C(c1ccccc1)n1cc(I)cn1. The number of benzene rings is 1. The molecule has 1 unspecified atom stereocenters. The van der Waals surface area contributed by atoms with Crippen molar-refractivity contribution in [2.24, 2.45) is 0 Å². The summed E-state index contributed by atoms with van der Waals surface area (Å²) in [5.74, 6) is -0.911. The van der Waals surface area contributed by atoms with E-state index < -0.39 is 12.0 Å². The van der Waals surface area contributed by atoms with Crippen LogP contribution in [0, 0.1) is 3.57 Å². The van der Waals surface area contributed by atoms with Crippen molar-refractivity contribution in [3.63, 3.8) is 0 Å². The predicted octanol–water partition coefficient (Wildman–Crippen LogP) is 2.16. The number of halogens is 1. The average Bonchev–Trinajstić information content (AvgIpc) is 2.66. The Morgan fingerprint density at radius 3 is 2.56 bits per heavy atom. The molecule has 0 aliphatic rings. The molecule has 0 spiro atoms. The smallest absolute Gasteiger partial charge is 0.333 e. The second-order valence-electron chi connectivity index (χ2n) is 3.29. The number of hydrogen-bond donors (Lipinski definition) is 1. The van der Waals surface area contributed by atoms with Gasteiger partial charge in [0.25, 0.3) is 0 Å². The fourth-order valence-corrected chi connectivity index (χ4v) is 1.91. The Morgan fingerprint density at radius 2 is 2.06 bits per heavy atom. The van der Waals surface area contributed by atoms with E-state index >= 15 is 0 Å².